The van der Waals surface area contributed by atoms with Crippen LogP contribution in [0.3, 0.4) is 0 Å². The zero-order valence-corrected chi connectivity index (χ0v) is 14.6. The maximum absolute atomic E-state index is 12.8. The Morgan fingerprint density at radius 3 is 2.74 bits per heavy atom. The first-order valence-corrected chi connectivity index (χ1v) is 9.57. The Balaban J connectivity index is 1.75. The van der Waals surface area contributed by atoms with Crippen molar-refractivity contribution >= 4 is 17.2 Å². The van der Waals surface area contributed by atoms with E-state index in [1.54, 1.807) is 11.3 Å². The highest BCUT2D eigenvalue weighted by Crippen LogP contribution is 2.34. The molecule has 3 rings (SSSR count). The standard InChI is InChI=1S/C20H25NOS/c1-2-3-10-18-15-17(16-8-5-4-6-9-16)12-13-21(18)20(22)19-11-7-14-23-19/h4-9,11,14,17-18H,2-3,10,12-13,15H2,1H3/t17-,18+/m1/s1. The van der Waals surface area contributed by atoms with Crippen LogP contribution < -0.4 is 0 Å². The van der Waals surface area contributed by atoms with Gasteiger partial charge in [-0.15, -0.1) is 11.3 Å². The van der Waals surface area contributed by atoms with Crippen LogP contribution in [0.2, 0.25) is 0 Å². The van der Waals surface area contributed by atoms with Gasteiger partial charge in [-0.2, -0.15) is 0 Å². The number of thiophene rings is 1. The molecule has 0 radical (unpaired) electrons. The molecule has 0 saturated carbocycles. The van der Waals surface area contributed by atoms with Crippen molar-refractivity contribution in [2.75, 3.05) is 6.54 Å². The molecule has 122 valence electrons. The van der Waals surface area contributed by atoms with Crippen LogP contribution in [0.5, 0.6) is 0 Å². The third-order valence-electron chi connectivity index (χ3n) is 4.87. The van der Waals surface area contributed by atoms with Crippen LogP contribution in [0.1, 0.15) is 60.2 Å². The fourth-order valence-corrected chi connectivity index (χ4v) is 4.28. The van der Waals surface area contributed by atoms with Crippen molar-refractivity contribution in [1.82, 2.24) is 4.90 Å². The number of likely N-dealkylation sites (tertiary alicyclic amines) is 1. The molecule has 0 aliphatic carbocycles. The molecule has 1 amide bonds. The highest BCUT2D eigenvalue weighted by atomic mass is 32.1. The van der Waals surface area contributed by atoms with E-state index in [2.05, 4.69) is 42.2 Å². The number of unbranched alkanes of at least 4 members (excludes halogenated alkanes) is 1. The Kier molecular flexibility index (Phi) is 5.50. The van der Waals surface area contributed by atoms with Crippen LogP contribution in [0.25, 0.3) is 0 Å². The third kappa shape index (κ3) is 3.84. The predicted molar refractivity (Wildman–Crippen MR) is 97.1 cm³/mol. The van der Waals surface area contributed by atoms with E-state index in [1.807, 2.05) is 17.5 Å². The molecule has 23 heavy (non-hydrogen) atoms. The topological polar surface area (TPSA) is 20.3 Å². The Hall–Kier alpha value is -1.61. The second-order valence-electron chi connectivity index (χ2n) is 6.40. The van der Waals surface area contributed by atoms with Crippen molar-refractivity contribution in [3.05, 3.63) is 58.3 Å². The van der Waals surface area contributed by atoms with Gasteiger partial charge < -0.3 is 4.90 Å². The zero-order chi connectivity index (χ0) is 16.1. The first-order valence-electron chi connectivity index (χ1n) is 8.69. The third-order valence-corrected chi connectivity index (χ3v) is 5.73. The number of nitrogens with zero attached hydrogens (tertiary/aromatic N) is 1. The van der Waals surface area contributed by atoms with E-state index in [0.29, 0.717) is 12.0 Å². The zero-order valence-electron chi connectivity index (χ0n) is 13.8. The highest BCUT2D eigenvalue weighted by Gasteiger charge is 2.32. The Morgan fingerprint density at radius 1 is 1.22 bits per heavy atom. The lowest BCUT2D eigenvalue weighted by Gasteiger charge is -2.40. The van der Waals surface area contributed by atoms with Crippen molar-refractivity contribution in [1.29, 1.82) is 0 Å². The summed E-state index contributed by atoms with van der Waals surface area (Å²) in [4.78, 5) is 15.8. The van der Waals surface area contributed by atoms with Gasteiger partial charge in [-0.3, -0.25) is 4.79 Å². The molecule has 0 spiro atoms. The molecule has 3 heteroatoms. The highest BCUT2D eigenvalue weighted by molar-refractivity contribution is 7.12. The van der Waals surface area contributed by atoms with Crippen LogP contribution in [0.4, 0.5) is 0 Å². The van der Waals surface area contributed by atoms with Gasteiger partial charge in [0.2, 0.25) is 0 Å². The number of hydrogen-bond acceptors (Lipinski definition) is 2. The summed E-state index contributed by atoms with van der Waals surface area (Å²) in [6.07, 6.45) is 5.68. The van der Waals surface area contributed by atoms with Crippen molar-refractivity contribution < 1.29 is 4.79 Å². The average Bonchev–Trinajstić information content (AvgIpc) is 3.14. The second kappa shape index (κ2) is 7.78. The van der Waals surface area contributed by atoms with Gasteiger partial charge in [-0.1, -0.05) is 56.2 Å². The largest absolute Gasteiger partial charge is 0.335 e. The lowest BCUT2D eigenvalue weighted by molar-refractivity contribution is 0.0580. The second-order valence-corrected chi connectivity index (χ2v) is 7.35. The molecule has 0 N–H and O–H groups in total. The van der Waals surface area contributed by atoms with Gasteiger partial charge in [0.1, 0.15) is 0 Å². The van der Waals surface area contributed by atoms with Gasteiger partial charge in [0.05, 0.1) is 4.88 Å². The van der Waals surface area contributed by atoms with Gasteiger partial charge in [0, 0.05) is 12.6 Å². The smallest absolute Gasteiger partial charge is 0.264 e. The number of amides is 1. The molecule has 1 saturated heterocycles. The SMILES string of the molecule is CCCC[C@H]1C[C@H](c2ccccc2)CCN1C(=O)c1cccs1. The summed E-state index contributed by atoms with van der Waals surface area (Å²) in [5.41, 5.74) is 1.43. The molecule has 1 aliphatic heterocycles. The number of hydrogen-bond donors (Lipinski definition) is 0. The molecule has 2 atom stereocenters. The van der Waals surface area contributed by atoms with Crippen molar-refractivity contribution in [3.63, 3.8) is 0 Å². The Labute approximate surface area is 143 Å². The maximum Gasteiger partial charge on any atom is 0.264 e. The van der Waals surface area contributed by atoms with Gasteiger partial charge in [-0.25, -0.2) is 0 Å². The predicted octanol–water partition coefficient (Wildman–Crippen LogP) is 5.33. The summed E-state index contributed by atoms with van der Waals surface area (Å²) in [5.74, 6) is 0.818. The van der Waals surface area contributed by atoms with Gasteiger partial charge >= 0.3 is 0 Å². The normalized spacial score (nSPS) is 21.3. The molecule has 0 unspecified atom stereocenters. The Morgan fingerprint density at radius 2 is 2.04 bits per heavy atom. The number of carbonyl (C=O) groups excluding carboxylic acids is 1. The molecule has 1 aliphatic rings. The molecule has 0 bridgehead atoms. The van der Waals surface area contributed by atoms with E-state index >= 15 is 0 Å². The van der Waals surface area contributed by atoms with Crippen molar-refractivity contribution in [2.45, 2.75) is 51.0 Å². The molecule has 1 fully saturated rings. The molecule has 2 heterocycles. The summed E-state index contributed by atoms with van der Waals surface area (Å²) in [6.45, 7) is 3.10. The fraction of sp³-hybridized carbons (Fsp3) is 0.450. The molecular weight excluding hydrogens is 302 g/mol. The molecular formula is C20H25NOS. The summed E-state index contributed by atoms with van der Waals surface area (Å²) in [7, 11) is 0. The van der Waals surface area contributed by atoms with Crippen molar-refractivity contribution in [2.24, 2.45) is 0 Å². The van der Waals surface area contributed by atoms with E-state index in [4.69, 9.17) is 0 Å². The van der Waals surface area contributed by atoms with Crippen LogP contribution >= 0.6 is 11.3 Å². The van der Waals surface area contributed by atoms with E-state index in [1.165, 1.54) is 18.4 Å². The maximum atomic E-state index is 12.8. The van der Waals surface area contributed by atoms with Crippen LogP contribution in [-0.2, 0) is 0 Å². The summed E-state index contributed by atoms with van der Waals surface area (Å²) < 4.78 is 0. The quantitative estimate of drug-likeness (QED) is 0.727. The minimum Gasteiger partial charge on any atom is -0.335 e. The summed E-state index contributed by atoms with van der Waals surface area (Å²) >= 11 is 1.56. The number of piperidine rings is 1. The monoisotopic (exact) mass is 327 g/mol. The van der Waals surface area contributed by atoms with Gasteiger partial charge in [0.15, 0.2) is 0 Å². The minimum absolute atomic E-state index is 0.229. The van der Waals surface area contributed by atoms with Crippen LogP contribution in [0.15, 0.2) is 47.8 Å². The van der Waals surface area contributed by atoms with E-state index < -0.39 is 0 Å². The molecule has 1 aromatic heterocycles. The van der Waals surface area contributed by atoms with Crippen LogP contribution in [0, 0.1) is 0 Å². The van der Waals surface area contributed by atoms with Gasteiger partial charge in [-0.05, 0) is 42.2 Å². The molecule has 2 nitrogen and oxygen atoms in total. The average molecular weight is 327 g/mol. The lowest BCUT2D eigenvalue weighted by atomic mass is 9.83. The van der Waals surface area contributed by atoms with Crippen LogP contribution in [-0.4, -0.2) is 23.4 Å². The first kappa shape index (κ1) is 16.3. The van der Waals surface area contributed by atoms with E-state index in [-0.39, 0.29) is 5.91 Å². The Bertz CT molecular complexity index is 608. The van der Waals surface area contributed by atoms with E-state index in [9.17, 15) is 4.79 Å². The number of rotatable bonds is 5. The van der Waals surface area contributed by atoms with Gasteiger partial charge in [0.25, 0.3) is 5.91 Å². The summed E-state index contributed by atoms with van der Waals surface area (Å²) in [5, 5.41) is 1.99. The first-order chi connectivity index (χ1) is 11.3. The summed E-state index contributed by atoms with van der Waals surface area (Å²) in [6, 6.07) is 15.1. The minimum atomic E-state index is 0.229. The van der Waals surface area contributed by atoms with Crippen molar-refractivity contribution in [3.8, 4) is 0 Å². The number of benzene rings is 1. The number of carbonyl (C=O) groups is 1. The fourth-order valence-electron chi connectivity index (χ4n) is 3.60. The molecule has 2 aromatic rings. The molecule has 1 aromatic carbocycles. The lowest BCUT2D eigenvalue weighted by Crippen LogP contribution is -2.45. The van der Waals surface area contributed by atoms with E-state index in [0.717, 1.165) is 30.7 Å².